The van der Waals surface area contributed by atoms with Gasteiger partial charge in [0, 0.05) is 6.42 Å². The molecule has 12 nitrogen and oxygen atoms in total. The van der Waals surface area contributed by atoms with Crippen molar-refractivity contribution in [1.29, 1.82) is 0 Å². The molecular weight excluding hydrogens is 448 g/mol. The molecule has 1 saturated heterocycles. The molecule has 4 N–H and O–H groups in total. The van der Waals surface area contributed by atoms with Gasteiger partial charge in [-0.25, -0.2) is 9.59 Å². The maximum atomic E-state index is 13.0. The first-order chi connectivity index (χ1) is 15.9. The van der Waals surface area contributed by atoms with Gasteiger partial charge in [-0.15, -0.1) is 0 Å². The first kappa shape index (κ1) is 26.3. The molecule has 0 aliphatic carbocycles. The molecule has 1 unspecified atom stereocenters. The SMILES string of the molecule is COC(=O)c1ccccc1NC(=O)[C@H](CC(=O)NC1CCC(=O)NC1=O)NC(=O)OC(C)(C)C. The largest absolute Gasteiger partial charge is 0.465 e. The Labute approximate surface area is 196 Å². The highest BCUT2D eigenvalue weighted by atomic mass is 16.6. The molecule has 1 fully saturated rings. The van der Waals surface area contributed by atoms with Crippen molar-refractivity contribution in [3.8, 4) is 0 Å². The van der Waals surface area contributed by atoms with E-state index in [0.717, 1.165) is 0 Å². The summed E-state index contributed by atoms with van der Waals surface area (Å²) in [6.07, 6.45) is -1.31. The number of anilines is 1. The van der Waals surface area contributed by atoms with Crippen LogP contribution in [-0.2, 0) is 28.7 Å². The van der Waals surface area contributed by atoms with Crippen molar-refractivity contribution in [3.05, 3.63) is 29.8 Å². The molecule has 184 valence electrons. The number of imide groups is 1. The highest BCUT2D eigenvalue weighted by Crippen LogP contribution is 2.17. The zero-order valence-electron chi connectivity index (χ0n) is 19.4. The van der Waals surface area contributed by atoms with Crippen molar-refractivity contribution >= 4 is 41.4 Å². The number of ether oxygens (including phenoxy) is 2. The number of hydrogen-bond donors (Lipinski definition) is 4. The Morgan fingerprint density at radius 3 is 2.44 bits per heavy atom. The molecule has 12 heteroatoms. The van der Waals surface area contributed by atoms with Crippen molar-refractivity contribution in [2.45, 2.75) is 57.7 Å². The van der Waals surface area contributed by atoms with Crippen LogP contribution >= 0.6 is 0 Å². The molecule has 34 heavy (non-hydrogen) atoms. The quantitative estimate of drug-likeness (QED) is 0.328. The molecule has 2 rings (SSSR count). The summed E-state index contributed by atoms with van der Waals surface area (Å²) in [6, 6.07) is 3.69. The second kappa shape index (κ2) is 11.3. The third-order valence-electron chi connectivity index (χ3n) is 4.56. The number of hydrogen-bond acceptors (Lipinski definition) is 8. The minimum absolute atomic E-state index is 0.0566. The maximum absolute atomic E-state index is 13.0. The Morgan fingerprint density at radius 1 is 1.15 bits per heavy atom. The first-order valence-corrected chi connectivity index (χ1v) is 10.5. The molecule has 5 amide bonds. The second-order valence-corrected chi connectivity index (χ2v) is 8.50. The molecule has 0 bridgehead atoms. The van der Waals surface area contributed by atoms with Crippen LogP contribution in [0.4, 0.5) is 10.5 Å². The van der Waals surface area contributed by atoms with E-state index in [0.29, 0.717) is 0 Å². The Kier molecular flexibility index (Phi) is 8.70. The van der Waals surface area contributed by atoms with E-state index in [2.05, 4.69) is 21.3 Å². The zero-order chi connectivity index (χ0) is 25.5. The van der Waals surface area contributed by atoms with Gasteiger partial charge in [-0.1, -0.05) is 12.1 Å². The van der Waals surface area contributed by atoms with Crippen molar-refractivity contribution in [2.75, 3.05) is 12.4 Å². The topological polar surface area (TPSA) is 169 Å². The Balaban J connectivity index is 2.17. The number of piperidine rings is 1. The van der Waals surface area contributed by atoms with Gasteiger partial charge in [0.15, 0.2) is 0 Å². The molecule has 1 aliphatic heterocycles. The van der Waals surface area contributed by atoms with E-state index in [4.69, 9.17) is 9.47 Å². The smallest absolute Gasteiger partial charge is 0.408 e. The van der Waals surface area contributed by atoms with E-state index in [1.54, 1.807) is 32.9 Å². The van der Waals surface area contributed by atoms with Gasteiger partial charge >= 0.3 is 12.1 Å². The van der Waals surface area contributed by atoms with E-state index in [1.807, 2.05) is 0 Å². The summed E-state index contributed by atoms with van der Waals surface area (Å²) in [6.45, 7) is 4.89. The number of carbonyl (C=O) groups excluding carboxylic acids is 6. The van der Waals surface area contributed by atoms with Crippen LogP contribution < -0.4 is 21.3 Å². The number of carbonyl (C=O) groups is 6. The number of methoxy groups -OCH3 is 1. The predicted molar refractivity (Wildman–Crippen MR) is 119 cm³/mol. The molecular formula is C22H28N4O8. The third-order valence-corrected chi connectivity index (χ3v) is 4.56. The number of benzene rings is 1. The average molecular weight is 476 g/mol. The monoisotopic (exact) mass is 476 g/mol. The molecule has 0 aromatic heterocycles. The summed E-state index contributed by atoms with van der Waals surface area (Å²) >= 11 is 0. The fourth-order valence-electron chi connectivity index (χ4n) is 3.03. The van der Waals surface area contributed by atoms with Crippen molar-refractivity contribution in [2.24, 2.45) is 0 Å². The minimum atomic E-state index is -1.41. The number of esters is 1. The van der Waals surface area contributed by atoms with Gasteiger partial charge in [-0.3, -0.25) is 24.5 Å². The molecule has 1 heterocycles. The van der Waals surface area contributed by atoms with E-state index >= 15 is 0 Å². The lowest BCUT2D eigenvalue weighted by Crippen LogP contribution is -2.54. The van der Waals surface area contributed by atoms with Crippen LogP contribution in [0.1, 0.15) is 50.4 Å². The summed E-state index contributed by atoms with van der Waals surface area (Å²) in [7, 11) is 1.19. The van der Waals surface area contributed by atoms with Crippen molar-refractivity contribution in [1.82, 2.24) is 16.0 Å². The molecule has 2 atom stereocenters. The van der Waals surface area contributed by atoms with E-state index in [9.17, 15) is 28.8 Å². The zero-order valence-corrected chi connectivity index (χ0v) is 19.4. The van der Waals surface area contributed by atoms with Crippen molar-refractivity contribution in [3.63, 3.8) is 0 Å². The summed E-state index contributed by atoms with van der Waals surface area (Å²) in [5.74, 6) is -3.31. The second-order valence-electron chi connectivity index (χ2n) is 8.50. The number of amides is 5. The number of alkyl carbamates (subject to hydrolysis) is 1. The molecule has 1 aromatic rings. The summed E-state index contributed by atoms with van der Waals surface area (Å²) in [5, 5.41) is 9.41. The van der Waals surface area contributed by atoms with Gasteiger partial charge in [0.1, 0.15) is 17.7 Å². The van der Waals surface area contributed by atoms with Crippen LogP contribution in [0.15, 0.2) is 24.3 Å². The van der Waals surface area contributed by atoms with Crippen molar-refractivity contribution < 1.29 is 38.2 Å². The van der Waals surface area contributed by atoms with Gasteiger partial charge in [0.2, 0.25) is 23.6 Å². The number of para-hydroxylation sites is 1. The van der Waals surface area contributed by atoms with Crippen LogP contribution in [0.5, 0.6) is 0 Å². The summed E-state index contributed by atoms with van der Waals surface area (Å²) in [5.41, 5.74) is -0.680. The molecule has 0 radical (unpaired) electrons. The van der Waals surface area contributed by atoms with Gasteiger partial charge < -0.3 is 25.4 Å². The van der Waals surface area contributed by atoms with E-state index in [-0.39, 0.29) is 24.1 Å². The fraction of sp³-hybridized carbons (Fsp3) is 0.455. The molecule has 0 spiro atoms. The third kappa shape index (κ3) is 7.87. The van der Waals surface area contributed by atoms with Crippen LogP contribution in [-0.4, -0.2) is 60.5 Å². The Morgan fingerprint density at radius 2 is 1.82 bits per heavy atom. The average Bonchev–Trinajstić information content (AvgIpc) is 2.73. The normalized spacial score (nSPS) is 16.5. The first-order valence-electron chi connectivity index (χ1n) is 10.5. The maximum Gasteiger partial charge on any atom is 0.408 e. The lowest BCUT2D eigenvalue weighted by Gasteiger charge is -2.25. The van der Waals surface area contributed by atoms with Gasteiger partial charge in [0.25, 0.3) is 0 Å². The Hall–Kier alpha value is -3.96. The summed E-state index contributed by atoms with van der Waals surface area (Å²) in [4.78, 5) is 73.0. The Bertz CT molecular complexity index is 985. The fourth-order valence-corrected chi connectivity index (χ4v) is 3.03. The number of rotatable bonds is 7. The van der Waals surface area contributed by atoms with Gasteiger partial charge in [-0.2, -0.15) is 0 Å². The molecule has 1 aliphatic rings. The standard InChI is InChI=1S/C22H28N4O8/c1-22(2,3)34-21(32)25-15(11-17(28)23-14-9-10-16(27)26-18(14)29)19(30)24-13-8-6-5-7-12(13)20(31)33-4/h5-8,14-15H,9-11H2,1-4H3,(H,23,28)(H,24,30)(H,25,32)(H,26,27,29)/t14?,15-/m0/s1. The van der Waals surface area contributed by atoms with Crippen LogP contribution in [0.3, 0.4) is 0 Å². The summed E-state index contributed by atoms with van der Waals surface area (Å²) < 4.78 is 9.87. The van der Waals surface area contributed by atoms with Crippen LogP contribution in [0.2, 0.25) is 0 Å². The molecule has 1 aromatic carbocycles. The molecule has 0 saturated carbocycles. The lowest BCUT2D eigenvalue weighted by molar-refractivity contribution is -0.137. The van der Waals surface area contributed by atoms with Crippen LogP contribution in [0.25, 0.3) is 0 Å². The predicted octanol–water partition coefficient (Wildman–Crippen LogP) is 0.617. The van der Waals surface area contributed by atoms with E-state index < -0.39 is 59.8 Å². The van der Waals surface area contributed by atoms with Crippen LogP contribution in [0, 0.1) is 0 Å². The van der Waals surface area contributed by atoms with E-state index in [1.165, 1.54) is 19.2 Å². The minimum Gasteiger partial charge on any atom is -0.465 e. The highest BCUT2D eigenvalue weighted by molar-refractivity contribution is 6.05. The number of nitrogens with one attached hydrogen (secondary N) is 4. The van der Waals surface area contributed by atoms with Gasteiger partial charge in [0.05, 0.1) is 24.8 Å². The lowest BCUT2D eigenvalue weighted by atomic mass is 10.1. The van der Waals surface area contributed by atoms with Gasteiger partial charge in [-0.05, 0) is 39.3 Å². The highest BCUT2D eigenvalue weighted by Gasteiger charge is 2.31.